The normalized spacial score (nSPS) is 10.5. The van der Waals surface area contributed by atoms with Crippen LogP contribution in [-0.2, 0) is 0 Å². The maximum absolute atomic E-state index is 12.5. The highest BCUT2D eigenvalue weighted by molar-refractivity contribution is 6.33. The van der Waals surface area contributed by atoms with Crippen molar-refractivity contribution in [2.75, 3.05) is 0 Å². The third kappa shape index (κ3) is 2.39. The molecule has 5 nitrogen and oxygen atoms in total. The van der Waals surface area contributed by atoms with Crippen molar-refractivity contribution in [1.29, 1.82) is 0 Å². The third-order valence-electron chi connectivity index (χ3n) is 3.04. The first kappa shape index (κ1) is 13.3. The van der Waals surface area contributed by atoms with Gasteiger partial charge in [-0.1, -0.05) is 41.9 Å². The van der Waals surface area contributed by atoms with Gasteiger partial charge in [0, 0.05) is 5.56 Å². The van der Waals surface area contributed by atoms with Gasteiger partial charge in [-0.2, -0.15) is 15.4 Å². The summed E-state index contributed by atoms with van der Waals surface area (Å²) in [6.07, 6.45) is 0. The van der Waals surface area contributed by atoms with E-state index in [4.69, 9.17) is 11.6 Å². The minimum atomic E-state index is -0.420. The number of para-hydroxylation sites is 1. The van der Waals surface area contributed by atoms with Crippen LogP contribution in [0.5, 0.6) is 5.75 Å². The Morgan fingerprint density at radius 1 is 1.05 bits per heavy atom. The molecule has 0 aliphatic carbocycles. The summed E-state index contributed by atoms with van der Waals surface area (Å²) in [5.74, 6) is -0.521. The van der Waals surface area contributed by atoms with Gasteiger partial charge >= 0.3 is 0 Å². The topological polar surface area (TPSA) is 78.9 Å². The van der Waals surface area contributed by atoms with Crippen LogP contribution in [0.15, 0.2) is 48.5 Å². The minimum absolute atomic E-state index is 0.101. The fourth-order valence-electron chi connectivity index (χ4n) is 2.02. The quantitative estimate of drug-likeness (QED) is 0.729. The average molecular weight is 300 g/mol. The maximum atomic E-state index is 12.5. The first-order valence-electron chi connectivity index (χ1n) is 6.17. The van der Waals surface area contributed by atoms with Crippen molar-refractivity contribution in [3.63, 3.8) is 0 Å². The fourth-order valence-corrected chi connectivity index (χ4v) is 2.25. The van der Waals surface area contributed by atoms with Crippen LogP contribution in [0.1, 0.15) is 16.1 Å². The van der Waals surface area contributed by atoms with E-state index >= 15 is 0 Å². The number of aromatic amines is 1. The molecule has 3 aromatic rings. The second-order valence-corrected chi connectivity index (χ2v) is 4.75. The van der Waals surface area contributed by atoms with Crippen LogP contribution in [0, 0.1) is 0 Å². The number of H-pyrrole nitrogens is 1. The Hall–Kier alpha value is -2.66. The van der Waals surface area contributed by atoms with Gasteiger partial charge in [-0.25, -0.2) is 0 Å². The first-order valence-corrected chi connectivity index (χ1v) is 6.54. The molecule has 0 unspecified atom stereocenters. The van der Waals surface area contributed by atoms with E-state index in [2.05, 4.69) is 15.4 Å². The van der Waals surface area contributed by atoms with Crippen LogP contribution < -0.4 is 0 Å². The highest BCUT2D eigenvalue weighted by Gasteiger charge is 2.22. The van der Waals surface area contributed by atoms with Gasteiger partial charge in [-0.3, -0.25) is 4.79 Å². The van der Waals surface area contributed by atoms with E-state index in [1.165, 1.54) is 12.1 Å². The number of halogens is 1. The van der Waals surface area contributed by atoms with E-state index in [-0.39, 0.29) is 17.0 Å². The molecule has 0 aliphatic rings. The molecule has 0 bridgehead atoms. The van der Waals surface area contributed by atoms with Crippen molar-refractivity contribution < 1.29 is 9.90 Å². The van der Waals surface area contributed by atoms with Crippen LogP contribution >= 0.6 is 11.6 Å². The zero-order chi connectivity index (χ0) is 14.8. The Morgan fingerprint density at radius 2 is 1.76 bits per heavy atom. The molecule has 0 radical (unpaired) electrons. The van der Waals surface area contributed by atoms with E-state index < -0.39 is 5.78 Å². The van der Waals surface area contributed by atoms with Gasteiger partial charge in [0.25, 0.3) is 0 Å². The number of nitrogens with one attached hydrogen (secondary N) is 1. The SMILES string of the molecule is O=C(c1ccccc1O)c1n[nH]nc1-c1ccccc1Cl. The number of hydrogen-bond acceptors (Lipinski definition) is 4. The second kappa shape index (κ2) is 5.38. The largest absolute Gasteiger partial charge is 0.507 e. The number of phenolic OH excluding ortho intramolecular Hbond substituents is 1. The maximum Gasteiger partial charge on any atom is 0.219 e. The molecule has 104 valence electrons. The molecule has 1 aromatic heterocycles. The van der Waals surface area contributed by atoms with E-state index in [1.54, 1.807) is 36.4 Å². The number of aromatic nitrogens is 3. The highest BCUT2D eigenvalue weighted by atomic mass is 35.5. The van der Waals surface area contributed by atoms with Gasteiger partial charge < -0.3 is 5.11 Å². The Balaban J connectivity index is 2.10. The first-order chi connectivity index (χ1) is 10.2. The summed E-state index contributed by atoms with van der Waals surface area (Å²) in [6.45, 7) is 0. The average Bonchev–Trinajstić information content (AvgIpc) is 2.97. The number of ketones is 1. The number of carbonyl (C=O) groups is 1. The molecule has 2 N–H and O–H groups in total. The van der Waals surface area contributed by atoms with Gasteiger partial charge in [0.2, 0.25) is 5.78 Å². The molecule has 1 heterocycles. The molecule has 2 aromatic carbocycles. The smallest absolute Gasteiger partial charge is 0.219 e. The summed E-state index contributed by atoms with van der Waals surface area (Å²) < 4.78 is 0. The lowest BCUT2D eigenvalue weighted by atomic mass is 10.0. The monoisotopic (exact) mass is 299 g/mol. The van der Waals surface area contributed by atoms with Crippen LogP contribution in [-0.4, -0.2) is 26.3 Å². The number of carbonyl (C=O) groups excluding carboxylic acids is 1. The summed E-state index contributed by atoms with van der Waals surface area (Å²) in [5.41, 5.74) is 1.24. The lowest BCUT2D eigenvalue weighted by Crippen LogP contribution is -2.04. The van der Waals surface area contributed by atoms with Crippen molar-refractivity contribution >= 4 is 17.4 Å². The lowest BCUT2D eigenvalue weighted by Gasteiger charge is -2.04. The predicted molar refractivity (Wildman–Crippen MR) is 78.4 cm³/mol. The van der Waals surface area contributed by atoms with Crippen LogP contribution in [0.25, 0.3) is 11.3 Å². The van der Waals surface area contributed by atoms with E-state index in [0.29, 0.717) is 16.3 Å². The summed E-state index contributed by atoms with van der Waals surface area (Å²) in [6, 6.07) is 13.3. The Labute approximate surface area is 125 Å². The zero-order valence-corrected chi connectivity index (χ0v) is 11.5. The standard InChI is InChI=1S/C15H10ClN3O2/c16-11-7-3-1-5-9(11)13-14(18-19-17-13)15(21)10-6-2-4-8-12(10)20/h1-8,20H,(H,17,18,19). The summed E-state index contributed by atoms with van der Waals surface area (Å²) in [7, 11) is 0. The van der Waals surface area contributed by atoms with E-state index in [9.17, 15) is 9.90 Å². The molecule has 0 saturated heterocycles. The van der Waals surface area contributed by atoms with Gasteiger partial charge in [0.1, 0.15) is 11.4 Å². The van der Waals surface area contributed by atoms with Crippen molar-refractivity contribution in [2.24, 2.45) is 0 Å². The number of hydrogen-bond donors (Lipinski definition) is 2. The fraction of sp³-hybridized carbons (Fsp3) is 0. The molecule has 21 heavy (non-hydrogen) atoms. The minimum Gasteiger partial charge on any atom is -0.507 e. The molecule has 6 heteroatoms. The van der Waals surface area contributed by atoms with E-state index in [0.717, 1.165) is 0 Å². The number of phenols is 1. The van der Waals surface area contributed by atoms with Gasteiger partial charge in [-0.05, 0) is 18.2 Å². The number of aromatic hydroxyl groups is 1. The zero-order valence-electron chi connectivity index (χ0n) is 10.7. The summed E-state index contributed by atoms with van der Waals surface area (Å²) >= 11 is 6.13. The molecular weight excluding hydrogens is 290 g/mol. The van der Waals surface area contributed by atoms with Crippen molar-refractivity contribution in [1.82, 2.24) is 15.4 Å². The van der Waals surface area contributed by atoms with Gasteiger partial charge in [0.05, 0.1) is 10.6 Å². The molecule has 0 fully saturated rings. The molecule has 0 aliphatic heterocycles. The Kier molecular flexibility index (Phi) is 3.41. The highest BCUT2D eigenvalue weighted by Crippen LogP contribution is 2.29. The molecular formula is C15H10ClN3O2. The number of benzene rings is 2. The van der Waals surface area contributed by atoms with Crippen LogP contribution in [0.3, 0.4) is 0 Å². The van der Waals surface area contributed by atoms with Crippen LogP contribution in [0.2, 0.25) is 5.02 Å². The Bertz CT molecular complexity index is 814. The van der Waals surface area contributed by atoms with Gasteiger partial charge in [-0.15, -0.1) is 0 Å². The molecule has 0 spiro atoms. The number of nitrogens with zero attached hydrogens (tertiary/aromatic N) is 2. The van der Waals surface area contributed by atoms with E-state index in [1.807, 2.05) is 0 Å². The Morgan fingerprint density at radius 3 is 2.52 bits per heavy atom. The van der Waals surface area contributed by atoms with Crippen LogP contribution in [0.4, 0.5) is 0 Å². The summed E-state index contributed by atoms with van der Waals surface area (Å²) in [5, 5.41) is 20.6. The van der Waals surface area contributed by atoms with Crippen molar-refractivity contribution in [2.45, 2.75) is 0 Å². The molecule has 0 saturated carbocycles. The van der Waals surface area contributed by atoms with Crippen molar-refractivity contribution in [3.05, 3.63) is 64.8 Å². The summed E-state index contributed by atoms with van der Waals surface area (Å²) in [4.78, 5) is 12.5. The molecule has 3 rings (SSSR count). The van der Waals surface area contributed by atoms with Crippen molar-refractivity contribution in [3.8, 4) is 17.0 Å². The van der Waals surface area contributed by atoms with Gasteiger partial charge in [0.15, 0.2) is 5.69 Å². The third-order valence-corrected chi connectivity index (χ3v) is 3.37. The molecule has 0 atom stereocenters. The number of rotatable bonds is 3. The predicted octanol–water partition coefficient (Wildman–Crippen LogP) is 3.06. The lowest BCUT2D eigenvalue weighted by molar-refractivity contribution is 0.103. The second-order valence-electron chi connectivity index (χ2n) is 4.35. The molecule has 0 amide bonds.